The third-order valence-corrected chi connectivity index (χ3v) is 6.91. The molecule has 3 aromatic rings. The molecule has 0 radical (unpaired) electrons. The Morgan fingerprint density at radius 2 is 1.56 bits per heavy atom. The number of aliphatic hydroxyl groups is 5. The lowest BCUT2D eigenvalue weighted by atomic mass is 9.99. The van der Waals surface area contributed by atoms with Crippen molar-refractivity contribution in [3.8, 4) is 40.1 Å². The molecule has 9 atom stereocenters. The van der Waals surface area contributed by atoms with Crippen LogP contribution < -0.4 is 10.2 Å². The van der Waals surface area contributed by atoms with E-state index in [4.69, 9.17) is 23.4 Å². The molecule has 15 nitrogen and oxygen atoms in total. The second kappa shape index (κ2) is 11.0. The lowest BCUT2D eigenvalue weighted by molar-refractivity contribution is -0.338. The molecule has 0 aliphatic carbocycles. The number of rotatable bonds is 5. The zero-order valence-corrected chi connectivity index (χ0v) is 21.3. The lowest BCUT2D eigenvalue weighted by Gasteiger charge is -2.43. The molecule has 9 unspecified atom stereocenters. The average Bonchev–Trinajstić information content (AvgIpc) is 2.92. The van der Waals surface area contributed by atoms with Crippen molar-refractivity contribution in [3.63, 3.8) is 0 Å². The van der Waals surface area contributed by atoms with E-state index in [0.717, 1.165) is 24.3 Å². The Labute approximate surface area is 230 Å². The summed E-state index contributed by atoms with van der Waals surface area (Å²) in [6.45, 7) is 0.916. The molecule has 15 heteroatoms. The third-order valence-electron chi connectivity index (χ3n) is 6.91. The summed E-state index contributed by atoms with van der Waals surface area (Å²) in [5, 5.41) is 91.4. The Kier molecular flexibility index (Phi) is 7.71. The molecule has 3 heterocycles. The fourth-order valence-corrected chi connectivity index (χ4v) is 4.67. The van der Waals surface area contributed by atoms with Gasteiger partial charge < -0.3 is 69.3 Å². The summed E-state index contributed by atoms with van der Waals surface area (Å²) in [5.74, 6) is -3.10. The van der Waals surface area contributed by atoms with E-state index in [1.807, 2.05) is 0 Å². The van der Waals surface area contributed by atoms with Crippen molar-refractivity contribution in [2.24, 2.45) is 0 Å². The molecule has 2 aliphatic heterocycles. The highest BCUT2D eigenvalue weighted by atomic mass is 16.7. The van der Waals surface area contributed by atoms with Gasteiger partial charge in [0, 0.05) is 17.7 Å². The van der Waals surface area contributed by atoms with E-state index in [1.54, 1.807) is 0 Å². The minimum atomic E-state index is -1.85. The molecule has 5 rings (SSSR count). The van der Waals surface area contributed by atoms with Crippen LogP contribution in [0.15, 0.2) is 39.5 Å². The van der Waals surface area contributed by atoms with E-state index in [0.29, 0.717) is 0 Å². The van der Waals surface area contributed by atoms with E-state index in [-0.39, 0.29) is 16.9 Å². The van der Waals surface area contributed by atoms with Crippen molar-refractivity contribution >= 4 is 11.0 Å². The van der Waals surface area contributed by atoms with E-state index in [1.165, 1.54) is 13.0 Å². The van der Waals surface area contributed by atoms with Crippen molar-refractivity contribution in [2.45, 2.75) is 62.2 Å². The summed E-state index contributed by atoms with van der Waals surface area (Å²) in [6, 6.07) is 5.37. The normalized spacial score (nSPS) is 32.2. The van der Waals surface area contributed by atoms with E-state index in [2.05, 4.69) is 0 Å². The average molecular weight is 580 g/mol. The predicted molar refractivity (Wildman–Crippen MR) is 134 cm³/mol. The monoisotopic (exact) mass is 580 g/mol. The van der Waals surface area contributed by atoms with Crippen molar-refractivity contribution in [3.05, 3.63) is 40.6 Å². The molecular weight excluding hydrogens is 552 g/mol. The summed E-state index contributed by atoms with van der Waals surface area (Å²) in [6.07, 6.45) is -14.0. The van der Waals surface area contributed by atoms with E-state index in [9.17, 15) is 50.8 Å². The topological polar surface area (TPSA) is 249 Å². The number of hydrogen-bond donors (Lipinski definition) is 9. The number of phenols is 4. The Bertz CT molecular complexity index is 1490. The standard InChI is InChI=1S/C26H28O15/c1-8-17(32)19(34)20(35)26(38-8)40-23-14(31)7-37-25(21(23)36)41-24-18(33)16-13(30)5-10(27)6-15(16)39-22(24)9-2-3-11(28)12(29)4-9/h2-6,8,14,17,19-21,23,25-32,34-36H,7H2,1H3. The Morgan fingerprint density at radius 1 is 0.829 bits per heavy atom. The zero-order valence-electron chi connectivity index (χ0n) is 21.3. The van der Waals surface area contributed by atoms with Crippen molar-refractivity contribution in [1.82, 2.24) is 0 Å². The van der Waals surface area contributed by atoms with Gasteiger partial charge in [0.25, 0.3) is 0 Å². The van der Waals surface area contributed by atoms with Gasteiger partial charge in [-0.05, 0) is 25.1 Å². The Morgan fingerprint density at radius 3 is 2.27 bits per heavy atom. The van der Waals surface area contributed by atoms with Crippen molar-refractivity contribution in [2.75, 3.05) is 6.61 Å². The van der Waals surface area contributed by atoms with Gasteiger partial charge in [-0.1, -0.05) is 0 Å². The van der Waals surface area contributed by atoms with Crippen LogP contribution in [0.4, 0.5) is 0 Å². The lowest BCUT2D eigenvalue weighted by Crippen LogP contribution is -2.62. The molecular formula is C26H28O15. The summed E-state index contributed by atoms with van der Waals surface area (Å²) in [4.78, 5) is 13.5. The van der Waals surface area contributed by atoms with Gasteiger partial charge in [0.15, 0.2) is 23.5 Å². The molecule has 9 N–H and O–H groups in total. The molecule has 1 aromatic heterocycles. The number of fused-ring (bicyclic) bond motifs is 1. The van der Waals surface area contributed by atoms with Crippen LogP contribution >= 0.6 is 0 Å². The molecule has 41 heavy (non-hydrogen) atoms. The minimum absolute atomic E-state index is 0.00975. The van der Waals surface area contributed by atoms with Crippen LogP contribution in [0.25, 0.3) is 22.3 Å². The first-order valence-corrected chi connectivity index (χ1v) is 12.4. The highest BCUT2D eigenvalue weighted by Gasteiger charge is 2.48. The molecule has 0 bridgehead atoms. The first-order chi connectivity index (χ1) is 19.4. The van der Waals surface area contributed by atoms with Gasteiger partial charge in [0.05, 0.1) is 12.7 Å². The zero-order chi connectivity index (χ0) is 29.7. The largest absolute Gasteiger partial charge is 0.508 e. The van der Waals surface area contributed by atoms with Crippen LogP contribution in [-0.2, 0) is 14.2 Å². The summed E-state index contributed by atoms with van der Waals surface area (Å²) < 4.78 is 27.8. The Hall–Kier alpha value is -3.67. The fourth-order valence-electron chi connectivity index (χ4n) is 4.67. The summed E-state index contributed by atoms with van der Waals surface area (Å²) in [7, 11) is 0. The molecule has 0 saturated carbocycles. The fraction of sp³-hybridized carbons (Fsp3) is 0.423. The summed E-state index contributed by atoms with van der Waals surface area (Å²) >= 11 is 0. The number of hydrogen-bond acceptors (Lipinski definition) is 15. The molecule has 2 fully saturated rings. The molecule has 222 valence electrons. The number of phenolic OH excluding ortho intramolecular Hbond substituents is 4. The third kappa shape index (κ3) is 5.25. The number of ether oxygens (including phenoxy) is 4. The van der Waals surface area contributed by atoms with Gasteiger partial charge in [-0.15, -0.1) is 0 Å². The smallest absolute Gasteiger partial charge is 0.239 e. The number of aromatic hydroxyl groups is 4. The highest BCUT2D eigenvalue weighted by molar-refractivity contribution is 5.88. The molecule has 2 aromatic carbocycles. The van der Waals surface area contributed by atoms with E-state index < -0.39 is 101 Å². The SMILES string of the molecule is CC1OC(OC2C(O)COC(Oc3c(-c4ccc(O)c(O)c4)oc4cc(O)cc(O)c4c3=O)C2O)C(O)C(O)C1O. The molecule has 2 saturated heterocycles. The first kappa shape index (κ1) is 28.8. The highest BCUT2D eigenvalue weighted by Crippen LogP contribution is 2.39. The van der Waals surface area contributed by atoms with Crippen LogP contribution in [0.1, 0.15) is 6.92 Å². The maximum atomic E-state index is 13.5. The van der Waals surface area contributed by atoms with Gasteiger partial charge in [-0.2, -0.15) is 0 Å². The second-order valence-electron chi connectivity index (χ2n) is 9.79. The van der Waals surface area contributed by atoms with Crippen LogP contribution in [0.2, 0.25) is 0 Å². The van der Waals surface area contributed by atoms with Gasteiger partial charge in [-0.25, -0.2) is 0 Å². The Balaban J connectivity index is 1.51. The van der Waals surface area contributed by atoms with Gasteiger partial charge >= 0.3 is 0 Å². The van der Waals surface area contributed by atoms with Gasteiger partial charge in [0.2, 0.25) is 17.5 Å². The molecule has 2 aliphatic rings. The van der Waals surface area contributed by atoms with Crippen LogP contribution in [-0.4, -0.2) is 108 Å². The van der Waals surface area contributed by atoms with Crippen LogP contribution in [0, 0.1) is 0 Å². The first-order valence-electron chi connectivity index (χ1n) is 12.4. The maximum absolute atomic E-state index is 13.5. The number of aliphatic hydroxyl groups excluding tert-OH is 5. The minimum Gasteiger partial charge on any atom is -0.508 e. The van der Waals surface area contributed by atoms with Gasteiger partial charge in [0.1, 0.15) is 59.1 Å². The van der Waals surface area contributed by atoms with Crippen molar-refractivity contribution < 1.29 is 69.3 Å². The predicted octanol–water partition coefficient (Wildman–Crippen LogP) is -1.05. The van der Waals surface area contributed by atoms with Crippen LogP contribution in [0.3, 0.4) is 0 Å². The van der Waals surface area contributed by atoms with Gasteiger partial charge in [-0.3, -0.25) is 4.79 Å². The summed E-state index contributed by atoms with van der Waals surface area (Å²) in [5.41, 5.74) is -1.22. The molecule has 0 amide bonds. The quantitative estimate of drug-likeness (QED) is 0.163. The van der Waals surface area contributed by atoms with E-state index >= 15 is 0 Å². The molecule has 0 spiro atoms. The second-order valence-corrected chi connectivity index (χ2v) is 9.79. The maximum Gasteiger partial charge on any atom is 0.239 e. The van der Waals surface area contributed by atoms with Crippen molar-refractivity contribution in [1.29, 1.82) is 0 Å². The van der Waals surface area contributed by atoms with Crippen LogP contribution in [0.5, 0.6) is 28.7 Å². The number of benzene rings is 2.